The van der Waals surface area contributed by atoms with Gasteiger partial charge in [-0.15, -0.1) is 0 Å². The van der Waals surface area contributed by atoms with Crippen LogP contribution in [0.1, 0.15) is 24.6 Å². The predicted octanol–water partition coefficient (Wildman–Crippen LogP) is 2.82. The van der Waals surface area contributed by atoms with Gasteiger partial charge in [-0.3, -0.25) is 9.89 Å². The molecule has 1 aliphatic rings. The van der Waals surface area contributed by atoms with Gasteiger partial charge in [0.1, 0.15) is 6.04 Å². The van der Waals surface area contributed by atoms with Crippen molar-refractivity contribution in [2.75, 3.05) is 11.9 Å². The smallest absolute Gasteiger partial charge is 0.475 e. The number of carbonyl (C=O) groups excluding carboxylic acids is 1. The molecule has 10 heteroatoms. The molecule has 152 valence electrons. The molecule has 0 aliphatic carbocycles. The Labute approximate surface area is 159 Å². The van der Waals surface area contributed by atoms with Crippen LogP contribution in [-0.4, -0.2) is 50.8 Å². The lowest BCUT2D eigenvalue weighted by Crippen LogP contribution is -2.44. The zero-order chi connectivity index (χ0) is 20.7. The first kappa shape index (κ1) is 21.3. The molecule has 3 rings (SSSR count). The summed E-state index contributed by atoms with van der Waals surface area (Å²) in [6.45, 7) is 3.43. The highest BCUT2D eigenvalue weighted by Gasteiger charge is 2.38. The Hall–Kier alpha value is -3.04. The number of nitrogens with zero attached hydrogens (tertiary/aromatic N) is 2. The molecule has 2 aromatic rings. The second kappa shape index (κ2) is 9.25. The molecule has 1 unspecified atom stereocenters. The Morgan fingerprint density at radius 2 is 1.96 bits per heavy atom. The van der Waals surface area contributed by atoms with Gasteiger partial charge >= 0.3 is 12.1 Å². The number of aromatic nitrogens is 2. The summed E-state index contributed by atoms with van der Waals surface area (Å²) in [6.07, 6.45) is -1.65. The van der Waals surface area contributed by atoms with E-state index in [1.165, 1.54) is 0 Å². The molecule has 28 heavy (non-hydrogen) atoms. The van der Waals surface area contributed by atoms with Crippen LogP contribution < -0.4 is 5.32 Å². The molecule has 0 saturated heterocycles. The molecular formula is C18H21F3N4O3. The zero-order valence-corrected chi connectivity index (χ0v) is 15.2. The van der Waals surface area contributed by atoms with Crippen molar-refractivity contribution in [3.8, 4) is 0 Å². The minimum absolute atomic E-state index is 0.160. The molecule has 0 saturated carbocycles. The zero-order valence-electron chi connectivity index (χ0n) is 15.2. The standard InChI is InChI=1S/C16H20N4O.C2HF3O2/c1-2-14(18-13-6-4-3-5-7-13)16(21)20-9-8-15-12(11-20)10-17-19-15;3-2(4,5)1(6)7/h3-7,10,14,18H,2,8-9,11H2,1H3,(H,17,19);(H,6,7). The summed E-state index contributed by atoms with van der Waals surface area (Å²) >= 11 is 0. The highest BCUT2D eigenvalue weighted by molar-refractivity contribution is 5.84. The Bertz CT molecular complexity index is 793. The van der Waals surface area contributed by atoms with E-state index >= 15 is 0 Å². The quantitative estimate of drug-likeness (QED) is 0.736. The summed E-state index contributed by atoms with van der Waals surface area (Å²) in [5.74, 6) is -2.60. The average molecular weight is 398 g/mol. The van der Waals surface area contributed by atoms with Gasteiger partial charge in [0.05, 0.1) is 6.20 Å². The third kappa shape index (κ3) is 5.73. The molecule has 2 heterocycles. The maximum Gasteiger partial charge on any atom is 0.490 e. The first-order valence-corrected chi connectivity index (χ1v) is 8.64. The fraction of sp³-hybridized carbons (Fsp3) is 0.389. The highest BCUT2D eigenvalue weighted by atomic mass is 19.4. The number of fused-ring (bicyclic) bond motifs is 1. The molecule has 0 spiro atoms. The molecule has 1 amide bonds. The summed E-state index contributed by atoms with van der Waals surface area (Å²) < 4.78 is 31.7. The van der Waals surface area contributed by atoms with Crippen LogP contribution in [0.15, 0.2) is 36.5 Å². The number of amides is 1. The number of benzene rings is 1. The van der Waals surface area contributed by atoms with E-state index in [-0.39, 0.29) is 11.9 Å². The van der Waals surface area contributed by atoms with Crippen molar-refractivity contribution in [3.63, 3.8) is 0 Å². The third-order valence-corrected chi connectivity index (χ3v) is 4.18. The van der Waals surface area contributed by atoms with Crippen LogP contribution in [0, 0.1) is 0 Å². The number of carboxylic acid groups (broad SMARTS) is 1. The first-order valence-electron chi connectivity index (χ1n) is 8.64. The third-order valence-electron chi connectivity index (χ3n) is 4.18. The number of rotatable bonds is 4. The van der Waals surface area contributed by atoms with E-state index in [9.17, 15) is 18.0 Å². The van der Waals surface area contributed by atoms with Gasteiger partial charge in [0.15, 0.2) is 0 Å². The number of hydrogen-bond donors (Lipinski definition) is 3. The normalized spacial score (nSPS) is 14.4. The summed E-state index contributed by atoms with van der Waals surface area (Å²) in [5, 5.41) is 17.5. The van der Waals surface area contributed by atoms with E-state index in [1.807, 2.05) is 48.4 Å². The monoisotopic (exact) mass is 398 g/mol. The van der Waals surface area contributed by atoms with Gasteiger partial charge in [-0.25, -0.2) is 4.79 Å². The van der Waals surface area contributed by atoms with Crippen LogP contribution in [-0.2, 0) is 22.6 Å². The molecule has 0 radical (unpaired) electrons. The molecule has 1 aromatic heterocycles. The number of aromatic amines is 1. The number of aliphatic carboxylic acids is 1. The average Bonchev–Trinajstić information content (AvgIpc) is 3.14. The maximum atomic E-state index is 12.7. The number of carbonyl (C=O) groups is 2. The van der Waals surface area contributed by atoms with Gasteiger partial charge in [0.25, 0.3) is 0 Å². The van der Waals surface area contributed by atoms with Crippen molar-refractivity contribution in [2.45, 2.75) is 38.5 Å². The summed E-state index contributed by atoms with van der Waals surface area (Å²) in [5.41, 5.74) is 3.27. The number of hydrogen-bond acceptors (Lipinski definition) is 4. The van der Waals surface area contributed by atoms with E-state index in [0.717, 1.165) is 36.3 Å². The predicted molar refractivity (Wildman–Crippen MR) is 95.5 cm³/mol. The Kier molecular flexibility index (Phi) is 7.02. The highest BCUT2D eigenvalue weighted by Crippen LogP contribution is 2.19. The number of H-pyrrole nitrogens is 1. The molecular weight excluding hydrogens is 377 g/mol. The summed E-state index contributed by atoms with van der Waals surface area (Å²) in [4.78, 5) is 23.5. The lowest BCUT2D eigenvalue weighted by Gasteiger charge is -2.30. The van der Waals surface area contributed by atoms with Crippen molar-refractivity contribution >= 4 is 17.6 Å². The van der Waals surface area contributed by atoms with E-state index in [0.29, 0.717) is 6.54 Å². The lowest BCUT2D eigenvalue weighted by molar-refractivity contribution is -0.192. The van der Waals surface area contributed by atoms with E-state index in [1.54, 1.807) is 0 Å². The van der Waals surface area contributed by atoms with Gasteiger partial charge in [0.2, 0.25) is 5.91 Å². The Balaban J connectivity index is 0.000000345. The number of anilines is 1. The molecule has 1 atom stereocenters. The minimum atomic E-state index is -5.08. The Morgan fingerprint density at radius 1 is 1.32 bits per heavy atom. The molecule has 0 bridgehead atoms. The van der Waals surface area contributed by atoms with E-state index < -0.39 is 12.1 Å². The SMILES string of the molecule is CCC(Nc1ccccc1)C(=O)N1CCc2[nH]ncc2C1.O=C(O)C(F)(F)F. The van der Waals surface area contributed by atoms with Crippen LogP contribution in [0.3, 0.4) is 0 Å². The fourth-order valence-electron chi connectivity index (χ4n) is 2.70. The fourth-order valence-corrected chi connectivity index (χ4v) is 2.70. The van der Waals surface area contributed by atoms with Crippen molar-refractivity contribution in [1.29, 1.82) is 0 Å². The van der Waals surface area contributed by atoms with Crippen LogP contribution in [0.5, 0.6) is 0 Å². The largest absolute Gasteiger partial charge is 0.490 e. The van der Waals surface area contributed by atoms with Crippen LogP contribution >= 0.6 is 0 Å². The van der Waals surface area contributed by atoms with Crippen LogP contribution in [0.25, 0.3) is 0 Å². The van der Waals surface area contributed by atoms with Crippen LogP contribution in [0.2, 0.25) is 0 Å². The van der Waals surface area contributed by atoms with Gasteiger partial charge in [-0.05, 0) is 18.6 Å². The van der Waals surface area contributed by atoms with Crippen molar-refractivity contribution < 1.29 is 27.9 Å². The molecule has 1 aromatic carbocycles. The minimum Gasteiger partial charge on any atom is -0.475 e. The number of halogens is 3. The lowest BCUT2D eigenvalue weighted by atomic mass is 10.1. The molecule has 1 aliphatic heterocycles. The molecule has 3 N–H and O–H groups in total. The number of nitrogens with one attached hydrogen (secondary N) is 2. The summed E-state index contributed by atoms with van der Waals surface area (Å²) in [6, 6.07) is 9.71. The second-order valence-corrected chi connectivity index (χ2v) is 6.16. The molecule has 0 fully saturated rings. The molecule has 7 nitrogen and oxygen atoms in total. The van der Waals surface area contributed by atoms with Crippen LogP contribution in [0.4, 0.5) is 18.9 Å². The summed E-state index contributed by atoms with van der Waals surface area (Å²) in [7, 11) is 0. The topological polar surface area (TPSA) is 98.3 Å². The van der Waals surface area contributed by atoms with Gasteiger partial charge in [-0.1, -0.05) is 25.1 Å². The van der Waals surface area contributed by atoms with Crippen molar-refractivity contribution in [2.24, 2.45) is 0 Å². The maximum absolute atomic E-state index is 12.7. The van der Waals surface area contributed by atoms with Gasteiger partial charge in [-0.2, -0.15) is 18.3 Å². The number of carboxylic acids is 1. The number of alkyl halides is 3. The van der Waals surface area contributed by atoms with Crippen molar-refractivity contribution in [1.82, 2.24) is 15.1 Å². The second-order valence-electron chi connectivity index (χ2n) is 6.16. The van der Waals surface area contributed by atoms with Gasteiger partial charge < -0.3 is 15.3 Å². The number of para-hydroxylation sites is 1. The Morgan fingerprint density at radius 3 is 2.54 bits per heavy atom. The van der Waals surface area contributed by atoms with E-state index in [4.69, 9.17) is 9.90 Å². The van der Waals surface area contributed by atoms with E-state index in [2.05, 4.69) is 15.5 Å². The first-order chi connectivity index (χ1) is 13.2. The van der Waals surface area contributed by atoms with Gasteiger partial charge in [0, 0.05) is 36.5 Å². The van der Waals surface area contributed by atoms with Crippen molar-refractivity contribution in [3.05, 3.63) is 47.8 Å².